The van der Waals surface area contributed by atoms with Gasteiger partial charge in [-0.2, -0.15) is 0 Å². The van der Waals surface area contributed by atoms with E-state index in [-0.39, 0.29) is 23.5 Å². The lowest BCUT2D eigenvalue weighted by Gasteiger charge is -2.07. The van der Waals surface area contributed by atoms with E-state index in [1.807, 2.05) is 0 Å². The molecule has 0 spiro atoms. The monoisotopic (exact) mass is 289 g/mol. The van der Waals surface area contributed by atoms with Crippen LogP contribution in [0.4, 0.5) is 10.1 Å². The van der Waals surface area contributed by atoms with E-state index in [9.17, 15) is 17.6 Å². The number of anilines is 1. The van der Waals surface area contributed by atoms with E-state index < -0.39 is 21.7 Å². The fraction of sp³-hybridized carbons (Fsp3) is 0.364. The Kier molecular flexibility index (Phi) is 5.25. The van der Waals surface area contributed by atoms with E-state index in [1.54, 1.807) is 0 Å². The summed E-state index contributed by atoms with van der Waals surface area (Å²) in [5, 5.41) is 0. The number of benzene rings is 1. The van der Waals surface area contributed by atoms with Crippen molar-refractivity contribution in [3.8, 4) is 0 Å². The Morgan fingerprint density at radius 3 is 2.58 bits per heavy atom. The van der Waals surface area contributed by atoms with Gasteiger partial charge in [-0.1, -0.05) is 0 Å². The number of nitrogens with one attached hydrogen (secondary N) is 1. The molecule has 0 aromatic heterocycles. The molecule has 1 rings (SSSR count). The number of nitrogen functional groups attached to an aromatic ring is 1. The van der Waals surface area contributed by atoms with Gasteiger partial charge in [-0.3, -0.25) is 4.79 Å². The average Bonchev–Trinajstić information content (AvgIpc) is 2.31. The number of rotatable bonds is 7. The predicted molar refractivity (Wildman–Crippen MR) is 69.0 cm³/mol. The van der Waals surface area contributed by atoms with Crippen LogP contribution in [0.2, 0.25) is 0 Å². The molecule has 0 atom stereocenters. The normalized spacial score (nSPS) is 11.4. The highest BCUT2D eigenvalue weighted by Gasteiger charge is 2.14. The van der Waals surface area contributed by atoms with Crippen LogP contribution in [-0.4, -0.2) is 20.9 Å². The van der Waals surface area contributed by atoms with Gasteiger partial charge >= 0.3 is 0 Å². The number of hydrogen-bond donors (Lipinski definition) is 3. The molecule has 1 amide bonds. The quantitative estimate of drug-likeness (QED) is 0.496. The van der Waals surface area contributed by atoms with E-state index in [2.05, 4.69) is 4.72 Å². The molecule has 106 valence electrons. The van der Waals surface area contributed by atoms with Crippen LogP contribution in [0.25, 0.3) is 0 Å². The van der Waals surface area contributed by atoms with Gasteiger partial charge < -0.3 is 11.5 Å². The number of carbonyl (C=O) groups excluding carboxylic acids is 1. The van der Waals surface area contributed by atoms with Gasteiger partial charge in [0.1, 0.15) is 5.82 Å². The summed E-state index contributed by atoms with van der Waals surface area (Å²) in [6.45, 7) is 0.154. The zero-order chi connectivity index (χ0) is 14.5. The first-order valence-corrected chi connectivity index (χ1v) is 7.14. The zero-order valence-corrected chi connectivity index (χ0v) is 11.0. The molecule has 8 heteroatoms. The number of amides is 1. The SMILES string of the molecule is NC(=O)CCCCNS(=O)(=O)c1ccc(N)c(F)c1. The molecule has 0 fully saturated rings. The Morgan fingerprint density at radius 1 is 1.32 bits per heavy atom. The molecule has 1 aromatic rings. The van der Waals surface area contributed by atoms with Gasteiger partial charge in [0.2, 0.25) is 15.9 Å². The Hall–Kier alpha value is -1.67. The second kappa shape index (κ2) is 6.48. The highest BCUT2D eigenvalue weighted by molar-refractivity contribution is 7.89. The van der Waals surface area contributed by atoms with Crippen LogP contribution in [0.15, 0.2) is 23.1 Å². The van der Waals surface area contributed by atoms with E-state index in [0.717, 1.165) is 6.07 Å². The highest BCUT2D eigenvalue weighted by Crippen LogP contribution is 2.16. The van der Waals surface area contributed by atoms with E-state index in [4.69, 9.17) is 11.5 Å². The molecule has 19 heavy (non-hydrogen) atoms. The van der Waals surface area contributed by atoms with Crippen molar-refractivity contribution in [1.29, 1.82) is 0 Å². The number of carbonyl (C=O) groups is 1. The van der Waals surface area contributed by atoms with Gasteiger partial charge in [0.05, 0.1) is 10.6 Å². The van der Waals surface area contributed by atoms with Crippen molar-refractivity contribution in [3.05, 3.63) is 24.0 Å². The molecule has 1 aromatic carbocycles. The summed E-state index contributed by atoms with van der Waals surface area (Å²) in [5.74, 6) is -1.21. The molecule has 0 bridgehead atoms. The lowest BCUT2D eigenvalue weighted by atomic mass is 10.2. The summed E-state index contributed by atoms with van der Waals surface area (Å²) in [4.78, 5) is 10.3. The third-order valence-corrected chi connectivity index (χ3v) is 3.88. The van der Waals surface area contributed by atoms with Crippen LogP contribution < -0.4 is 16.2 Å². The third-order valence-electron chi connectivity index (χ3n) is 2.42. The Labute approximate surface area is 111 Å². The minimum Gasteiger partial charge on any atom is -0.396 e. The van der Waals surface area contributed by atoms with Crippen molar-refractivity contribution in [2.45, 2.75) is 24.2 Å². The van der Waals surface area contributed by atoms with Crippen molar-refractivity contribution in [2.24, 2.45) is 5.73 Å². The topological polar surface area (TPSA) is 115 Å². The molecule has 0 aliphatic carbocycles. The number of halogens is 1. The minimum absolute atomic E-state index is 0.111. The first-order chi connectivity index (χ1) is 8.83. The number of unbranched alkanes of at least 4 members (excludes halogenated alkanes) is 1. The van der Waals surface area contributed by atoms with Gasteiger partial charge in [0, 0.05) is 13.0 Å². The first-order valence-electron chi connectivity index (χ1n) is 5.66. The summed E-state index contributed by atoms with van der Waals surface area (Å²) in [7, 11) is -3.76. The molecule has 0 saturated heterocycles. The molecular weight excluding hydrogens is 273 g/mol. The van der Waals surface area contributed by atoms with Crippen molar-refractivity contribution in [2.75, 3.05) is 12.3 Å². The fourth-order valence-electron chi connectivity index (χ4n) is 1.39. The van der Waals surface area contributed by atoms with Crippen LogP contribution in [0.1, 0.15) is 19.3 Å². The summed E-state index contributed by atoms with van der Waals surface area (Å²) in [6, 6.07) is 3.28. The van der Waals surface area contributed by atoms with Crippen LogP contribution in [-0.2, 0) is 14.8 Å². The van der Waals surface area contributed by atoms with Crippen LogP contribution >= 0.6 is 0 Å². The van der Waals surface area contributed by atoms with Crippen molar-refractivity contribution in [3.63, 3.8) is 0 Å². The molecule has 6 nitrogen and oxygen atoms in total. The first kappa shape index (κ1) is 15.4. The molecule has 0 saturated carbocycles. The number of nitrogens with two attached hydrogens (primary N) is 2. The molecule has 0 unspecified atom stereocenters. The maximum Gasteiger partial charge on any atom is 0.240 e. The van der Waals surface area contributed by atoms with Gasteiger partial charge in [-0.15, -0.1) is 0 Å². The molecule has 0 aliphatic heterocycles. The average molecular weight is 289 g/mol. The van der Waals surface area contributed by atoms with Gasteiger partial charge in [0.15, 0.2) is 0 Å². The Balaban J connectivity index is 2.56. The maximum absolute atomic E-state index is 13.2. The second-order valence-corrected chi connectivity index (χ2v) is 5.77. The number of sulfonamides is 1. The Bertz CT molecular complexity index is 560. The lowest BCUT2D eigenvalue weighted by molar-refractivity contribution is -0.118. The number of primary amides is 1. The molecule has 0 radical (unpaired) electrons. The standard InChI is InChI=1S/C11H16FN3O3S/c12-9-7-8(4-5-10(9)13)19(17,18)15-6-2-1-3-11(14)16/h4-5,7,15H,1-3,6,13H2,(H2,14,16). The van der Waals surface area contributed by atoms with Crippen molar-refractivity contribution < 1.29 is 17.6 Å². The largest absolute Gasteiger partial charge is 0.396 e. The Morgan fingerprint density at radius 2 is 2.00 bits per heavy atom. The number of hydrogen-bond acceptors (Lipinski definition) is 4. The molecule has 0 aliphatic rings. The van der Waals surface area contributed by atoms with Gasteiger partial charge in [-0.05, 0) is 31.0 Å². The van der Waals surface area contributed by atoms with E-state index >= 15 is 0 Å². The van der Waals surface area contributed by atoms with Gasteiger partial charge in [-0.25, -0.2) is 17.5 Å². The highest BCUT2D eigenvalue weighted by atomic mass is 32.2. The van der Waals surface area contributed by atoms with Crippen LogP contribution in [0, 0.1) is 5.82 Å². The van der Waals surface area contributed by atoms with Crippen LogP contribution in [0.5, 0.6) is 0 Å². The summed E-state index contributed by atoms with van der Waals surface area (Å²) >= 11 is 0. The van der Waals surface area contributed by atoms with Crippen molar-refractivity contribution >= 4 is 21.6 Å². The minimum atomic E-state index is -3.76. The van der Waals surface area contributed by atoms with Gasteiger partial charge in [0.25, 0.3) is 0 Å². The molecule has 0 heterocycles. The van der Waals surface area contributed by atoms with E-state index in [1.165, 1.54) is 12.1 Å². The lowest BCUT2D eigenvalue weighted by Crippen LogP contribution is -2.25. The third kappa shape index (κ3) is 4.84. The summed E-state index contributed by atoms with van der Waals surface area (Å²) in [5.41, 5.74) is 10.1. The fourth-order valence-corrected chi connectivity index (χ4v) is 2.47. The summed E-state index contributed by atoms with van der Waals surface area (Å²) < 4.78 is 39.0. The second-order valence-electron chi connectivity index (χ2n) is 4.00. The molecule has 5 N–H and O–H groups in total. The smallest absolute Gasteiger partial charge is 0.240 e. The summed E-state index contributed by atoms with van der Waals surface area (Å²) in [6.07, 6.45) is 1.17. The molecular formula is C11H16FN3O3S. The zero-order valence-electron chi connectivity index (χ0n) is 10.2. The maximum atomic E-state index is 13.2. The van der Waals surface area contributed by atoms with Crippen molar-refractivity contribution in [1.82, 2.24) is 4.72 Å². The predicted octanol–water partition coefficient (Wildman–Crippen LogP) is 0.342. The van der Waals surface area contributed by atoms with Crippen LogP contribution in [0.3, 0.4) is 0 Å². The van der Waals surface area contributed by atoms with E-state index in [0.29, 0.717) is 12.8 Å².